The van der Waals surface area contributed by atoms with Crippen LogP contribution in [0.15, 0.2) is 42.6 Å². The summed E-state index contributed by atoms with van der Waals surface area (Å²) in [5, 5.41) is 20.6. The van der Waals surface area contributed by atoms with Gasteiger partial charge in [-0.1, -0.05) is 25.6 Å². The molecule has 2 aromatic carbocycles. The first-order valence-corrected chi connectivity index (χ1v) is 12.9. The number of nitro groups is 1. The average Bonchev–Trinajstić information content (AvgIpc) is 3.24. The molecule has 0 bridgehead atoms. The van der Waals surface area contributed by atoms with Crippen molar-refractivity contribution in [3.05, 3.63) is 63.8 Å². The number of hydrogen-bond donors (Lipinski definition) is 1. The number of nitrogens with one attached hydrogen (secondary N) is 1. The number of para-hydroxylation sites is 1. The van der Waals surface area contributed by atoms with Crippen LogP contribution in [0, 0.1) is 17.0 Å². The normalized spacial score (nSPS) is 11.0. The molecule has 2 heterocycles. The molecule has 4 rings (SSSR count). The Hall–Kier alpha value is -4.58. The molecule has 0 amide bonds. The smallest absolute Gasteiger partial charge is 0.342 e. The third kappa shape index (κ3) is 6.77. The number of carbonyl (C=O) groups excluding carboxylic acids is 1. The first-order valence-electron chi connectivity index (χ1n) is 12.9. The molecule has 0 saturated heterocycles. The number of esters is 1. The van der Waals surface area contributed by atoms with E-state index >= 15 is 0 Å². The van der Waals surface area contributed by atoms with Crippen LogP contribution in [0.5, 0.6) is 0 Å². The molecule has 0 aliphatic heterocycles. The number of fused-ring (bicyclic) bond motifs is 1. The fourth-order valence-electron chi connectivity index (χ4n) is 4.30. The molecule has 0 aliphatic carbocycles. The van der Waals surface area contributed by atoms with E-state index in [1.807, 2.05) is 69.2 Å². The first kappa shape index (κ1) is 31.0. The van der Waals surface area contributed by atoms with E-state index in [2.05, 4.69) is 20.4 Å². The molecule has 0 fully saturated rings. The summed E-state index contributed by atoms with van der Waals surface area (Å²) in [7, 11) is 7.56. The number of nitro benzene ring substituents is 1. The summed E-state index contributed by atoms with van der Waals surface area (Å²) in [6.07, 6.45) is 1.06. The van der Waals surface area contributed by atoms with Gasteiger partial charge in [0.25, 0.3) is 5.69 Å². The van der Waals surface area contributed by atoms with Crippen LogP contribution >= 0.6 is 0 Å². The Labute approximate surface area is 240 Å². The standard InChI is InChI=1S/C28H34N8O4.CH4/c1-17(2)40-27(37)20-16-29-28(31-25(20)26-19-10-8-9-11-22(19)35(7)32-26)30-21-15-24(36(38)39)23(14-18(21)3)34(6)13-12-33(4)5;/h8-11,14-17H,12-13H2,1-7H3,(H,29,30,31);1H4. The number of carbonyl (C=O) groups is 1. The number of likely N-dealkylation sites (N-methyl/N-ethyl adjacent to an activating group) is 2. The number of nitrogens with zero attached hydrogens (tertiary/aromatic N) is 7. The molecule has 1 N–H and O–H groups in total. The molecule has 0 aliphatic rings. The van der Waals surface area contributed by atoms with Crippen molar-refractivity contribution in [2.75, 3.05) is 44.4 Å². The van der Waals surface area contributed by atoms with Crippen molar-refractivity contribution in [2.45, 2.75) is 34.3 Å². The van der Waals surface area contributed by atoms with Gasteiger partial charge < -0.3 is 19.9 Å². The third-order valence-electron chi connectivity index (χ3n) is 6.39. The fraction of sp³-hybridized carbons (Fsp3) is 0.379. The molecular formula is C29H38N8O4. The Morgan fingerprint density at radius 3 is 2.51 bits per heavy atom. The molecule has 0 radical (unpaired) electrons. The molecule has 0 unspecified atom stereocenters. The van der Waals surface area contributed by atoms with Gasteiger partial charge in [-0.25, -0.2) is 14.8 Å². The lowest BCUT2D eigenvalue weighted by atomic mass is 10.1. The highest BCUT2D eigenvalue weighted by atomic mass is 16.6. The van der Waals surface area contributed by atoms with Crippen molar-refractivity contribution in [3.63, 3.8) is 0 Å². The van der Waals surface area contributed by atoms with Gasteiger partial charge in [0.15, 0.2) is 0 Å². The van der Waals surface area contributed by atoms with Crippen molar-refractivity contribution < 1.29 is 14.5 Å². The highest BCUT2D eigenvalue weighted by molar-refractivity contribution is 6.01. The maximum absolute atomic E-state index is 13.0. The summed E-state index contributed by atoms with van der Waals surface area (Å²) >= 11 is 0. The van der Waals surface area contributed by atoms with Crippen molar-refractivity contribution in [1.82, 2.24) is 24.6 Å². The minimum atomic E-state index is -0.566. The van der Waals surface area contributed by atoms with E-state index in [9.17, 15) is 14.9 Å². The first-order chi connectivity index (χ1) is 19.0. The molecule has 0 spiro atoms. The van der Waals surface area contributed by atoms with Crippen LogP contribution < -0.4 is 10.2 Å². The second kappa shape index (κ2) is 12.7. The van der Waals surface area contributed by atoms with E-state index < -0.39 is 10.9 Å². The molecular weight excluding hydrogens is 524 g/mol. The number of aryl methyl sites for hydroxylation is 2. The largest absolute Gasteiger partial charge is 0.459 e. The van der Waals surface area contributed by atoms with Gasteiger partial charge >= 0.3 is 5.97 Å². The highest BCUT2D eigenvalue weighted by Crippen LogP contribution is 2.35. The number of hydrogen-bond acceptors (Lipinski definition) is 10. The van der Waals surface area contributed by atoms with E-state index in [0.717, 1.165) is 23.0 Å². The summed E-state index contributed by atoms with van der Waals surface area (Å²) in [5.74, 6) is -0.403. The van der Waals surface area contributed by atoms with E-state index in [4.69, 9.17) is 4.74 Å². The summed E-state index contributed by atoms with van der Waals surface area (Å²) in [5.41, 5.74) is 3.57. The van der Waals surface area contributed by atoms with Crippen molar-refractivity contribution in [3.8, 4) is 11.4 Å². The lowest BCUT2D eigenvalue weighted by molar-refractivity contribution is -0.384. The Kier molecular flexibility index (Phi) is 9.61. The lowest BCUT2D eigenvalue weighted by Gasteiger charge is -2.22. The van der Waals surface area contributed by atoms with Crippen LogP contribution in [0.1, 0.15) is 37.2 Å². The zero-order valence-electron chi connectivity index (χ0n) is 23.8. The molecule has 41 heavy (non-hydrogen) atoms. The van der Waals surface area contributed by atoms with Gasteiger partial charge in [-0.2, -0.15) is 5.10 Å². The Morgan fingerprint density at radius 1 is 1.15 bits per heavy atom. The Balaban J connectivity index is 0.00000462. The quantitative estimate of drug-likeness (QED) is 0.156. The summed E-state index contributed by atoms with van der Waals surface area (Å²) in [6, 6.07) is 10.9. The highest BCUT2D eigenvalue weighted by Gasteiger charge is 2.24. The maximum Gasteiger partial charge on any atom is 0.342 e. The molecule has 12 nitrogen and oxygen atoms in total. The molecule has 218 valence electrons. The lowest BCUT2D eigenvalue weighted by Crippen LogP contribution is -2.29. The van der Waals surface area contributed by atoms with Gasteiger partial charge in [0, 0.05) is 44.8 Å². The third-order valence-corrected chi connectivity index (χ3v) is 6.39. The minimum absolute atomic E-state index is 0. The van der Waals surface area contributed by atoms with E-state index in [0.29, 0.717) is 29.3 Å². The SMILES string of the molecule is C.Cc1cc(N(C)CCN(C)C)c([N+](=O)[O-])cc1Nc1ncc(C(=O)OC(C)C)c(-c2nn(C)c3ccccc23)n1. The van der Waals surface area contributed by atoms with E-state index in [1.54, 1.807) is 24.6 Å². The van der Waals surface area contributed by atoms with Crippen molar-refractivity contribution in [1.29, 1.82) is 0 Å². The van der Waals surface area contributed by atoms with Gasteiger partial charge in [-0.3, -0.25) is 14.8 Å². The zero-order valence-corrected chi connectivity index (χ0v) is 23.8. The number of rotatable bonds is 10. The molecule has 0 saturated carbocycles. The van der Waals surface area contributed by atoms with E-state index in [-0.39, 0.29) is 30.7 Å². The van der Waals surface area contributed by atoms with Gasteiger partial charge in [0.1, 0.15) is 22.6 Å². The van der Waals surface area contributed by atoms with Crippen LogP contribution in [-0.4, -0.2) is 75.9 Å². The number of aromatic nitrogens is 4. The Bertz CT molecular complexity index is 1560. The summed E-state index contributed by atoms with van der Waals surface area (Å²) in [6.45, 7) is 6.76. The minimum Gasteiger partial charge on any atom is -0.459 e. The predicted molar refractivity (Wildman–Crippen MR) is 162 cm³/mol. The second-order valence-electron chi connectivity index (χ2n) is 10.2. The summed E-state index contributed by atoms with van der Waals surface area (Å²) in [4.78, 5) is 37.5. The van der Waals surface area contributed by atoms with Crippen LogP contribution in [-0.2, 0) is 11.8 Å². The van der Waals surface area contributed by atoms with Crippen LogP contribution in [0.4, 0.5) is 23.0 Å². The van der Waals surface area contributed by atoms with Gasteiger partial charge in [0.2, 0.25) is 5.95 Å². The monoisotopic (exact) mass is 562 g/mol. The van der Waals surface area contributed by atoms with Crippen LogP contribution in [0.25, 0.3) is 22.3 Å². The maximum atomic E-state index is 13.0. The van der Waals surface area contributed by atoms with Gasteiger partial charge in [-0.05, 0) is 52.6 Å². The van der Waals surface area contributed by atoms with Crippen LogP contribution in [0.3, 0.4) is 0 Å². The van der Waals surface area contributed by atoms with Gasteiger partial charge in [0.05, 0.1) is 22.2 Å². The Morgan fingerprint density at radius 2 is 1.85 bits per heavy atom. The van der Waals surface area contributed by atoms with E-state index in [1.165, 1.54) is 12.3 Å². The topological polar surface area (TPSA) is 132 Å². The second-order valence-corrected chi connectivity index (χ2v) is 10.2. The number of anilines is 3. The zero-order chi connectivity index (χ0) is 29.1. The predicted octanol–water partition coefficient (Wildman–Crippen LogP) is 5.19. The number of ether oxygens (including phenoxy) is 1. The average molecular weight is 563 g/mol. The molecule has 4 aromatic rings. The molecule has 2 aromatic heterocycles. The van der Waals surface area contributed by atoms with Crippen LogP contribution in [0.2, 0.25) is 0 Å². The van der Waals surface area contributed by atoms with Gasteiger partial charge in [-0.15, -0.1) is 0 Å². The fourth-order valence-corrected chi connectivity index (χ4v) is 4.30. The number of benzene rings is 2. The molecule has 12 heteroatoms. The van der Waals surface area contributed by atoms with Crippen molar-refractivity contribution >= 4 is 39.9 Å². The summed E-state index contributed by atoms with van der Waals surface area (Å²) < 4.78 is 7.17. The van der Waals surface area contributed by atoms with Crippen molar-refractivity contribution in [2.24, 2.45) is 7.05 Å². The molecule has 0 atom stereocenters.